The number of esters is 3. The van der Waals surface area contributed by atoms with Crippen molar-refractivity contribution in [1.82, 2.24) is 0 Å². The van der Waals surface area contributed by atoms with E-state index in [0.717, 1.165) is 96.3 Å². The summed E-state index contributed by atoms with van der Waals surface area (Å²) >= 11 is 0. The number of carbonyl (C=O) groups is 3. The Morgan fingerprint density at radius 2 is 0.598 bits per heavy atom. The molecule has 11 nitrogen and oxygen atoms in total. The Bertz CT molecular complexity index is 1610. The second-order valence-electron chi connectivity index (χ2n) is 23.0. The number of ether oxygens (including phenoxy) is 3. The van der Waals surface area contributed by atoms with Crippen LogP contribution in [-0.4, -0.2) is 66.5 Å². The summed E-state index contributed by atoms with van der Waals surface area (Å²) in [6.45, 7) is 4.65. The van der Waals surface area contributed by atoms with E-state index in [-0.39, 0.29) is 25.9 Å². The predicted molar refractivity (Wildman–Crippen MR) is 344 cm³/mol. The van der Waals surface area contributed by atoms with E-state index in [0.29, 0.717) is 19.3 Å². The van der Waals surface area contributed by atoms with Crippen molar-refractivity contribution in [2.75, 3.05) is 26.4 Å². The lowest BCUT2D eigenvalue weighted by molar-refractivity contribution is -0.161. The van der Waals surface area contributed by atoms with Gasteiger partial charge in [0.05, 0.1) is 19.8 Å². The zero-order valence-corrected chi connectivity index (χ0v) is 54.1. The summed E-state index contributed by atoms with van der Waals surface area (Å²) < 4.78 is 39.8. The Hall–Kier alpha value is -2.82. The monoisotopic (exact) mass is 1170 g/mol. The summed E-state index contributed by atoms with van der Waals surface area (Å²) in [5.74, 6) is -1.47. The summed E-state index contributed by atoms with van der Waals surface area (Å²) in [6, 6.07) is 0. The molecule has 0 aromatic rings. The van der Waals surface area contributed by atoms with Crippen molar-refractivity contribution < 1.29 is 52.2 Å². The van der Waals surface area contributed by atoms with Crippen LogP contribution in [0.2, 0.25) is 0 Å². The minimum atomic E-state index is -4.76. The number of phosphoric acid groups is 1. The summed E-state index contributed by atoms with van der Waals surface area (Å²) in [5, 5.41) is 9.87. The number of unbranched alkanes of at least 4 members (excludes halogenated alkanes) is 37. The van der Waals surface area contributed by atoms with E-state index in [1.807, 2.05) is 0 Å². The molecule has 82 heavy (non-hydrogen) atoms. The lowest BCUT2D eigenvalue weighted by atomic mass is 10.1. The molecule has 0 rings (SSSR count). The Balaban J connectivity index is 4.70. The van der Waals surface area contributed by atoms with Crippen LogP contribution in [0.15, 0.2) is 60.8 Å². The second-order valence-corrected chi connectivity index (χ2v) is 24.4. The fourth-order valence-electron chi connectivity index (χ4n) is 9.65. The van der Waals surface area contributed by atoms with Gasteiger partial charge < -0.3 is 24.2 Å². The molecule has 0 aromatic carbocycles. The second kappa shape index (κ2) is 64.2. The van der Waals surface area contributed by atoms with Gasteiger partial charge in [-0.3, -0.25) is 23.4 Å². The third kappa shape index (κ3) is 61.7. The van der Waals surface area contributed by atoms with Gasteiger partial charge in [-0.25, -0.2) is 4.57 Å². The average Bonchev–Trinajstić information content (AvgIpc) is 3.50. The minimum Gasteiger partial charge on any atom is -0.462 e. The van der Waals surface area contributed by atoms with Crippen molar-refractivity contribution in [2.45, 2.75) is 341 Å². The average molecular weight is 1180 g/mol. The van der Waals surface area contributed by atoms with Gasteiger partial charge >= 0.3 is 25.7 Å². The Morgan fingerprint density at radius 1 is 0.341 bits per heavy atom. The van der Waals surface area contributed by atoms with E-state index in [4.69, 9.17) is 23.3 Å². The van der Waals surface area contributed by atoms with Crippen LogP contribution in [0.25, 0.3) is 0 Å². The molecule has 3 unspecified atom stereocenters. The zero-order valence-electron chi connectivity index (χ0n) is 53.2. The predicted octanol–water partition coefficient (Wildman–Crippen LogP) is 21.0. The highest BCUT2D eigenvalue weighted by atomic mass is 31.2. The van der Waals surface area contributed by atoms with Crippen molar-refractivity contribution in [3.63, 3.8) is 0 Å². The van der Waals surface area contributed by atoms with Gasteiger partial charge in [0.15, 0.2) is 6.10 Å². The normalized spacial score (nSPS) is 13.6. The van der Waals surface area contributed by atoms with Crippen LogP contribution in [0.4, 0.5) is 0 Å². The van der Waals surface area contributed by atoms with Gasteiger partial charge in [0.2, 0.25) is 0 Å². The fraction of sp³-hybridized carbons (Fsp3) is 0.814. The van der Waals surface area contributed by atoms with Crippen LogP contribution >= 0.6 is 7.82 Å². The summed E-state index contributed by atoms with van der Waals surface area (Å²) in [4.78, 5) is 48.9. The summed E-state index contributed by atoms with van der Waals surface area (Å²) in [7, 11) is -4.76. The third-order valence-electron chi connectivity index (χ3n) is 14.9. The highest BCUT2D eigenvalue weighted by Gasteiger charge is 2.28. The first-order chi connectivity index (χ1) is 40.2. The molecule has 0 fully saturated rings. The van der Waals surface area contributed by atoms with Gasteiger partial charge in [0.1, 0.15) is 12.7 Å². The number of phosphoric ester groups is 1. The molecule has 0 aliphatic heterocycles. The standard InChI is InChI=1S/C70H127O11P/c1-4-7-10-13-16-19-22-25-28-31-33-36-38-41-44-47-50-53-56-59-68(72)77-63-67(81-70(74)61-58-55-52-49-46-43-40-37-34-32-29-26-23-20-17-14-11-8-5-2)65-79-82(75,76)78-64-66(62-71)80-69(73)60-57-54-51-48-45-42-39-35-30-27-24-21-18-15-12-9-6-3/h17,20,25-30,34,37,66-67,71H,4-16,18-19,21-24,31-33,35-36,38-65H2,1-3H3,(H,75,76)/b20-17-,28-25-,29-26-,30-27-,37-34-. The zero-order chi connectivity index (χ0) is 59.8. The number of allylic oxidation sites excluding steroid dienone is 10. The molecule has 0 aliphatic carbocycles. The molecule has 0 aliphatic rings. The van der Waals surface area contributed by atoms with Gasteiger partial charge in [-0.05, 0) is 109 Å². The maximum absolute atomic E-state index is 13.0. The minimum absolute atomic E-state index is 0.153. The quantitative estimate of drug-likeness (QED) is 0.0197. The number of hydrogen-bond acceptors (Lipinski definition) is 10. The van der Waals surface area contributed by atoms with Crippen LogP contribution in [0.1, 0.15) is 329 Å². The topological polar surface area (TPSA) is 155 Å². The number of aliphatic hydroxyl groups excluding tert-OH is 1. The Labute approximate surface area is 504 Å². The fourth-order valence-corrected chi connectivity index (χ4v) is 10.4. The SMILES string of the molecule is CCCCC/C=C\C/C=C\C/C=C\CCCCCCCCC(=O)OC(COC(=O)CCCCCCCCCCC/C=C\CCCCCCCC)COP(=O)(O)OCC(CO)OC(=O)CCCCCCCCC/C=C\CCCCCCCC. The van der Waals surface area contributed by atoms with E-state index in [9.17, 15) is 28.9 Å². The number of aliphatic hydroxyl groups is 1. The van der Waals surface area contributed by atoms with Crippen molar-refractivity contribution in [3.8, 4) is 0 Å². The molecule has 0 bridgehead atoms. The lowest BCUT2D eigenvalue weighted by Gasteiger charge is -2.21. The van der Waals surface area contributed by atoms with Crippen molar-refractivity contribution in [3.05, 3.63) is 60.8 Å². The number of carbonyl (C=O) groups excluding carboxylic acids is 3. The van der Waals surface area contributed by atoms with Crippen LogP contribution in [0.3, 0.4) is 0 Å². The molecule has 478 valence electrons. The molecule has 0 amide bonds. The van der Waals surface area contributed by atoms with Gasteiger partial charge in [-0.1, -0.05) is 261 Å². The molecule has 0 aromatic heterocycles. The maximum Gasteiger partial charge on any atom is 0.472 e. The molecule has 0 saturated carbocycles. The van der Waals surface area contributed by atoms with Gasteiger partial charge in [0.25, 0.3) is 0 Å². The van der Waals surface area contributed by atoms with E-state index < -0.39 is 57.8 Å². The first kappa shape index (κ1) is 79.2. The van der Waals surface area contributed by atoms with Crippen LogP contribution < -0.4 is 0 Å². The van der Waals surface area contributed by atoms with Gasteiger partial charge in [0, 0.05) is 19.3 Å². The largest absolute Gasteiger partial charge is 0.472 e. The molecule has 2 N–H and O–H groups in total. The molecular weight excluding hydrogens is 1050 g/mol. The molecule has 0 heterocycles. The Morgan fingerprint density at radius 3 is 0.951 bits per heavy atom. The third-order valence-corrected chi connectivity index (χ3v) is 15.8. The number of hydrogen-bond donors (Lipinski definition) is 2. The highest BCUT2D eigenvalue weighted by Crippen LogP contribution is 2.43. The molecule has 0 spiro atoms. The van der Waals surface area contributed by atoms with E-state index in [1.54, 1.807) is 0 Å². The van der Waals surface area contributed by atoms with Crippen LogP contribution in [0.5, 0.6) is 0 Å². The lowest BCUT2D eigenvalue weighted by Crippen LogP contribution is -2.30. The molecule has 0 radical (unpaired) electrons. The maximum atomic E-state index is 13.0. The van der Waals surface area contributed by atoms with Crippen LogP contribution in [-0.2, 0) is 42.2 Å². The molecule has 12 heteroatoms. The molecule has 3 atom stereocenters. The van der Waals surface area contributed by atoms with Crippen molar-refractivity contribution in [1.29, 1.82) is 0 Å². The van der Waals surface area contributed by atoms with Crippen molar-refractivity contribution in [2.24, 2.45) is 0 Å². The van der Waals surface area contributed by atoms with Gasteiger partial charge in [-0.2, -0.15) is 0 Å². The van der Waals surface area contributed by atoms with E-state index in [2.05, 4.69) is 81.5 Å². The first-order valence-corrected chi connectivity index (χ1v) is 35.7. The summed E-state index contributed by atoms with van der Waals surface area (Å²) in [5.41, 5.74) is 0. The van der Waals surface area contributed by atoms with Gasteiger partial charge in [-0.15, -0.1) is 0 Å². The van der Waals surface area contributed by atoms with E-state index >= 15 is 0 Å². The van der Waals surface area contributed by atoms with Crippen LogP contribution in [0, 0.1) is 0 Å². The first-order valence-electron chi connectivity index (χ1n) is 34.2. The molecule has 0 saturated heterocycles. The smallest absolute Gasteiger partial charge is 0.462 e. The Kier molecular flexibility index (Phi) is 62.0. The van der Waals surface area contributed by atoms with E-state index in [1.165, 1.54) is 173 Å². The summed E-state index contributed by atoms with van der Waals surface area (Å²) in [6.07, 6.45) is 73.0. The molecular formula is C70H127O11P. The number of rotatable bonds is 64. The highest BCUT2D eigenvalue weighted by molar-refractivity contribution is 7.47. The van der Waals surface area contributed by atoms with Crippen molar-refractivity contribution >= 4 is 25.7 Å².